The van der Waals surface area contributed by atoms with Crippen molar-refractivity contribution in [3.05, 3.63) is 23.3 Å². The van der Waals surface area contributed by atoms with Crippen molar-refractivity contribution in [1.29, 1.82) is 0 Å². The molecule has 1 saturated carbocycles. The zero-order valence-electron chi connectivity index (χ0n) is 13.4. The molecule has 2 fully saturated rings. The van der Waals surface area contributed by atoms with Crippen molar-refractivity contribution in [2.24, 2.45) is 0 Å². The Hall–Kier alpha value is -1.03. The second-order valence-electron chi connectivity index (χ2n) is 6.24. The lowest BCUT2D eigenvalue weighted by Gasteiger charge is -2.32. The van der Waals surface area contributed by atoms with Crippen LogP contribution >= 0.6 is 12.2 Å². The van der Waals surface area contributed by atoms with Gasteiger partial charge in [-0.25, -0.2) is 13.1 Å². The van der Waals surface area contributed by atoms with Crippen LogP contribution in [0.25, 0.3) is 0 Å². The molecule has 1 aliphatic heterocycles. The molecule has 23 heavy (non-hydrogen) atoms. The number of nitrogens with zero attached hydrogens (tertiary/aromatic N) is 5. The average Bonchev–Trinajstić information content (AvgIpc) is 3.29. The standard InChI is InChI=1S/C14H23N5O2S2/c1-3-6-18-13(12-4-5-12)15-19(14(18)22)11-16-7-9-17(10-8-16)23(2,20)21/h3,12H,1,4-11H2,2H3. The summed E-state index contributed by atoms with van der Waals surface area (Å²) in [6.07, 6.45) is 5.46. The quantitative estimate of drug-likeness (QED) is 0.562. The first-order valence-electron chi connectivity index (χ1n) is 7.86. The Kier molecular flexibility index (Phi) is 4.73. The molecule has 7 nitrogen and oxygen atoms in total. The van der Waals surface area contributed by atoms with E-state index in [0.29, 0.717) is 45.3 Å². The summed E-state index contributed by atoms with van der Waals surface area (Å²) >= 11 is 5.56. The second kappa shape index (κ2) is 6.46. The molecule has 9 heteroatoms. The number of sulfonamides is 1. The van der Waals surface area contributed by atoms with Crippen LogP contribution in [0.5, 0.6) is 0 Å². The fourth-order valence-electron chi connectivity index (χ4n) is 2.89. The largest absolute Gasteiger partial charge is 0.300 e. The smallest absolute Gasteiger partial charge is 0.211 e. The second-order valence-corrected chi connectivity index (χ2v) is 8.58. The molecule has 0 amide bonds. The molecule has 0 N–H and O–H groups in total. The molecule has 2 aliphatic rings. The van der Waals surface area contributed by atoms with E-state index in [2.05, 4.69) is 16.0 Å². The van der Waals surface area contributed by atoms with Gasteiger partial charge in [0, 0.05) is 38.6 Å². The van der Waals surface area contributed by atoms with Gasteiger partial charge in [0.25, 0.3) is 0 Å². The summed E-state index contributed by atoms with van der Waals surface area (Å²) in [4.78, 5) is 2.19. The summed E-state index contributed by atoms with van der Waals surface area (Å²) in [6, 6.07) is 0. The number of aromatic nitrogens is 3. The summed E-state index contributed by atoms with van der Waals surface area (Å²) < 4.78 is 29.3. The number of hydrogen-bond acceptors (Lipinski definition) is 5. The molecule has 1 saturated heterocycles. The van der Waals surface area contributed by atoms with Crippen molar-refractivity contribution in [2.75, 3.05) is 32.4 Å². The molecule has 1 aliphatic carbocycles. The van der Waals surface area contributed by atoms with Gasteiger partial charge in [-0.3, -0.25) is 9.47 Å². The third-order valence-corrected chi connectivity index (χ3v) is 6.07. The molecule has 0 bridgehead atoms. The molecule has 2 heterocycles. The van der Waals surface area contributed by atoms with E-state index in [1.807, 2.05) is 10.8 Å². The Morgan fingerprint density at radius 3 is 2.48 bits per heavy atom. The highest BCUT2D eigenvalue weighted by Crippen LogP contribution is 2.39. The van der Waals surface area contributed by atoms with Crippen LogP contribution in [0, 0.1) is 4.77 Å². The topological polar surface area (TPSA) is 63.4 Å². The first kappa shape index (κ1) is 16.8. The summed E-state index contributed by atoms with van der Waals surface area (Å²) in [5, 5.41) is 4.71. The van der Waals surface area contributed by atoms with Crippen LogP contribution in [0.15, 0.2) is 12.7 Å². The van der Waals surface area contributed by atoms with Gasteiger partial charge in [-0.15, -0.1) is 6.58 Å². The maximum absolute atomic E-state index is 11.6. The number of allylic oxidation sites excluding steroid dienone is 1. The molecule has 0 radical (unpaired) electrons. The Balaban J connectivity index is 1.70. The summed E-state index contributed by atoms with van der Waals surface area (Å²) in [7, 11) is -3.09. The third kappa shape index (κ3) is 3.73. The lowest BCUT2D eigenvalue weighted by molar-refractivity contribution is 0.145. The monoisotopic (exact) mass is 357 g/mol. The van der Waals surface area contributed by atoms with Gasteiger partial charge in [0.1, 0.15) is 5.82 Å². The Morgan fingerprint density at radius 2 is 1.96 bits per heavy atom. The van der Waals surface area contributed by atoms with E-state index in [4.69, 9.17) is 17.3 Å². The van der Waals surface area contributed by atoms with E-state index in [1.165, 1.54) is 23.4 Å². The summed E-state index contributed by atoms with van der Waals surface area (Å²) in [5.41, 5.74) is 0. The Labute approximate surface area is 142 Å². The fraction of sp³-hybridized carbons (Fsp3) is 0.714. The third-order valence-electron chi connectivity index (χ3n) is 4.34. The lowest BCUT2D eigenvalue weighted by atomic mass is 10.4. The first-order valence-corrected chi connectivity index (χ1v) is 10.1. The minimum atomic E-state index is -3.09. The minimum absolute atomic E-state index is 0.523. The van der Waals surface area contributed by atoms with E-state index in [9.17, 15) is 8.42 Å². The summed E-state index contributed by atoms with van der Waals surface area (Å²) in [6.45, 7) is 7.53. The highest BCUT2D eigenvalue weighted by molar-refractivity contribution is 7.88. The van der Waals surface area contributed by atoms with E-state index in [-0.39, 0.29) is 0 Å². The highest BCUT2D eigenvalue weighted by atomic mass is 32.2. The maximum atomic E-state index is 11.6. The molecular formula is C14H23N5O2S2. The molecular weight excluding hydrogens is 334 g/mol. The molecule has 1 aromatic rings. The van der Waals surface area contributed by atoms with Crippen molar-refractivity contribution in [1.82, 2.24) is 23.6 Å². The van der Waals surface area contributed by atoms with E-state index >= 15 is 0 Å². The zero-order valence-corrected chi connectivity index (χ0v) is 15.0. The maximum Gasteiger partial charge on any atom is 0.211 e. The van der Waals surface area contributed by atoms with Gasteiger partial charge in [0.05, 0.1) is 12.9 Å². The zero-order chi connectivity index (χ0) is 16.6. The van der Waals surface area contributed by atoms with Crippen LogP contribution in [-0.2, 0) is 23.2 Å². The number of rotatable bonds is 6. The molecule has 3 rings (SSSR count). The normalized spacial score (nSPS) is 20.7. The van der Waals surface area contributed by atoms with E-state index in [1.54, 1.807) is 0 Å². The van der Waals surface area contributed by atoms with Gasteiger partial charge in [0.2, 0.25) is 10.0 Å². The van der Waals surface area contributed by atoms with Crippen LogP contribution in [0.4, 0.5) is 0 Å². The van der Waals surface area contributed by atoms with Gasteiger partial charge in [-0.2, -0.15) is 9.40 Å². The first-order chi connectivity index (χ1) is 10.9. The van der Waals surface area contributed by atoms with Crippen LogP contribution in [0.1, 0.15) is 24.6 Å². The number of piperazine rings is 1. The predicted molar refractivity (Wildman–Crippen MR) is 91.2 cm³/mol. The Morgan fingerprint density at radius 1 is 1.30 bits per heavy atom. The van der Waals surface area contributed by atoms with Crippen molar-refractivity contribution in [2.45, 2.75) is 32.0 Å². The van der Waals surface area contributed by atoms with Gasteiger partial charge in [-0.1, -0.05) is 6.08 Å². The molecule has 128 valence electrons. The van der Waals surface area contributed by atoms with Gasteiger partial charge in [-0.05, 0) is 25.1 Å². The van der Waals surface area contributed by atoms with Gasteiger partial charge < -0.3 is 0 Å². The fourth-order valence-corrected chi connectivity index (χ4v) is 3.98. The van der Waals surface area contributed by atoms with Crippen molar-refractivity contribution in [3.8, 4) is 0 Å². The van der Waals surface area contributed by atoms with Crippen molar-refractivity contribution < 1.29 is 8.42 Å². The summed E-state index contributed by atoms with van der Waals surface area (Å²) in [5.74, 6) is 1.59. The van der Waals surface area contributed by atoms with Gasteiger partial charge in [0.15, 0.2) is 4.77 Å². The number of hydrogen-bond donors (Lipinski definition) is 0. The SMILES string of the molecule is C=CCn1c(C2CC2)nn(CN2CCN(S(C)(=O)=O)CC2)c1=S. The molecule has 0 aromatic carbocycles. The van der Waals surface area contributed by atoms with Crippen LogP contribution in [-0.4, -0.2) is 64.4 Å². The van der Waals surface area contributed by atoms with Crippen molar-refractivity contribution >= 4 is 22.2 Å². The molecule has 0 unspecified atom stereocenters. The van der Waals surface area contributed by atoms with Crippen molar-refractivity contribution in [3.63, 3.8) is 0 Å². The average molecular weight is 358 g/mol. The molecule has 1 aromatic heterocycles. The molecule has 0 atom stereocenters. The highest BCUT2D eigenvalue weighted by Gasteiger charge is 2.30. The van der Waals surface area contributed by atoms with E-state index in [0.717, 1.165) is 10.6 Å². The van der Waals surface area contributed by atoms with E-state index < -0.39 is 10.0 Å². The van der Waals surface area contributed by atoms with Gasteiger partial charge >= 0.3 is 0 Å². The van der Waals surface area contributed by atoms with Crippen LogP contribution in [0.3, 0.4) is 0 Å². The molecule has 0 spiro atoms. The lowest BCUT2D eigenvalue weighted by Crippen LogP contribution is -2.48. The predicted octanol–water partition coefficient (Wildman–Crippen LogP) is 1.01. The van der Waals surface area contributed by atoms with Crippen LogP contribution < -0.4 is 0 Å². The Bertz CT molecular complexity index is 740. The van der Waals surface area contributed by atoms with Crippen LogP contribution in [0.2, 0.25) is 0 Å². The minimum Gasteiger partial charge on any atom is -0.300 e.